The summed E-state index contributed by atoms with van der Waals surface area (Å²) in [6.07, 6.45) is 0.973. The molecule has 1 heterocycles. The van der Waals surface area contributed by atoms with Crippen LogP contribution in [0.3, 0.4) is 0 Å². The van der Waals surface area contributed by atoms with Gasteiger partial charge >= 0.3 is 5.97 Å². The van der Waals surface area contributed by atoms with E-state index in [0.717, 1.165) is 29.7 Å². The van der Waals surface area contributed by atoms with Crippen LogP contribution in [0.4, 0.5) is 11.4 Å². The number of nitrogens with zero attached hydrogens (tertiary/aromatic N) is 1. The number of nitrogen functional groups attached to an aromatic ring is 1. The molecule has 2 aromatic rings. The fraction of sp³-hybridized carbons (Fsp3) is 0.300. The minimum absolute atomic E-state index is 0.216. The molecule has 1 aliphatic rings. The van der Waals surface area contributed by atoms with Gasteiger partial charge in [-0.2, -0.15) is 0 Å². The van der Waals surface area contributed by atoms with E-state index in [1.54, 1.807) is 24.0 Å². The molecule has 130 valence electrons. The second kappa shape index (κ2) is 6.97. The van der Waals surface area contributed by atoms with E-state index in [2.05, 4.69) is 0 Å². The quantitative estimate of drug-likeness (QED) is 0.689. The topological polar surface area (TPSA) is 72.6 Å². The van der Waals surface area contributed by atoms with Crippen molar-refractivity contribution in [3.8, 4) is 0 Å². The molecule has 0 aromatic heterocycles. The number of amides is 1. The predicted molar refractivity (Wildman–Crippen MR) is 97.6 cm³/mol. The van der Waals surface area contributed by atoms with Crippen LogP contribution in [-0.4, -0.2) is 24.5 Å². The third-order valence-corrected chi connectivity index (χ3v) is 4.55. The van der Waals surface area contributed by atoms with Crippen LogP contribution in [0.1, 0.15) is 34.8 Å². The van der Waals surface area contributed by atoms with Crippen molar-refractivity contribution in [1.82, 2.24) is 0 Å². The molecule has 0 fully saturated rings. The van der Waals surface area contributed by atoms with Crippen molar-refractivity contribution in [1.29, 1.82) is 0 Å². The second-order valence-corrected chi connectivity index (χ2v) is 6.31. The van der Waals surface area contributed by atoms with Gasteiger partial charge < -0.3 is 15.4 Å². The first-order valence-electron chi connectivity index (χ1n) is 8.44. The van der Waals surface area contributed by atoms with Crippen molar-refractivity contribution in [2.75, 3.05) is 17.2 Å². The van der Waals surface area contributed by atoms with Crippen molar-refractivity contribution < 1.29 is 14.3 Å². The number of carbonyl (C=O) groups is 2. The molecule has 5 heteroatoms. The summed E-state index contributed by atoms with van der Waals surface area (Å²) in [5, 5.41) is 0. The fourth-order valence-corrected chi connectivity index (χ4v) is 3.12. The highest BCUT2D eigenvalue weighted by molar-refractivity contribution is 6.01. The van der Waals surface area contributed by atoms with Crippen molar-refractivity contribution in [2.45, 2.75) is 32.8 Å². The summed E-state index contributed by atoms with van der Waals surface area (Å²) in [6, 6.07) is 13.0. The monoisotopic (exact) mass is 338 g/mol. The lowest BCUT2D eigenvalue weighted by Crippen LogP contribution is -2.42. The molecule has 0 bridgehead atoms. The van der Waals surface area contributed by atoms with Gasteiger partial charge in [-0.05, 0) is 49.9 Å². The molecule has 0 unspecified atom stereocenters. The Bertz CT molecular complexity index is 816. The molecule has 0 saturated carbocycles. The lowest BCUT2D eigenvalue weighted by Gasteiger charge is -2.31. The van der Waals surface area contributed by atoms with Gasteiger partial charge in [-0.25, -0.2) is 4.79 Å². The Kier molecular flexibility index (Phi) is 4.74. The lowest BCUT2D eigenvalue weighted by molar-refractivity contribution is -0.126. The van der Waals surface area contributed by atoms with Crippen molar-refractivity contribution >= 4 is 23.3 Å². The Morgan fingerprint density at radius 1 is 1.16 bits per heavy atom. The van der Waals surface area contributed by atoms with Crippen molar-refractivity contribution in [3.05, 3.63) is 59.2 Å². The van der Waals surface area contributed by atoms with Gasteiger partial charge in [-0.3, -0.25) is 4.79 Å². The summed E-state index contributed by atoms with van der Waals surface area (Å²) in [6.45, 7) is 4.05. The Hall–Kier alpha value is -2.82. The van der Waals surface area contributed by atoms with E-state index in [0.29, 0.717) is 17.8 Å². The lowest BCUT2D eigenvalue weighted by atomic mass is 10.0. The highest BCUT2D eigenvalue weighted by atomic mass is 16.5. The van der Waals surface area contributed by atoms with E-state index < -0.39 is 12.1 Å². The number of hydrogen-bond acceptors (Lipinski definition) is 4. The Morgan fingerprint density at radius 2 is 1.92 bits per heavy atom. The van der Waals surface area contributed by atoms with Gasteiger partial charge in [-0.15, -0.1) is 0 Å². The van der Waals surface area contributed by atoms with Gasteiger partial charge in [0.25, 0.3) is 5.91 Å². The van der Waals surface area contributed by atoms with Gasteiger partial charge in [0.2, 0.25) is 0 Å². The Labute approximate surface area is 147 Å². The van der Waals surface area contributed by atoms with Gasteiger partial charge in [0.15, 0.2) is 6.10 Å². The van der Waals surface area contributed by atoms with Gasteiger partial charge in [-0.1, -0.05) is 30.3 Å². The number of esters is 1. The summed E-state index contributed by atoms with van der Waals surface area (Å²) >= 11 is 0. The predicted octanol–water partition coefficient (Wildman–Crippen LogP) is 3.10. The third kappa shape index (κ3) is 3.36. The van der Waals surface area contributed by atoms with Crippen LogP contribution in [0.15, 0.2) is 42.5 Å². The van der Waals surface area contributed by atoms with Gasteiger partial charge in [0, 0.05) is 17.9 Å². The standard InChI is InChI=1S/C20H22N2O3/c1-13-7-5-10-16(18(13)21)20(24)25-14(2)19(23)22-12-6-9-15-8-3-4-11-17(15)22/h3-5,7-8,10-11,14H,6,9,12,21H2,1-2H3/t14-/m1/s1. The molecule has 25 heavy (non-hydrogen) atoms. The van der Waals surface area contributed by atoms with E-state index >= 15 is 0 Å². The number of benzene rings is 2. The molecule has 0 aliphatic carbocycles. The zero-order valence-corrected chi connectivity index (χ0v) is 14.5. The average Bonchev–Trinajstić information content (AvgIpc) is 2.62. The second-order valence-electron chi connectivity index (χ2n) is 6.31. The highest BCUT2D eigenvalue weighted by Crippen LogP contribution is 2.27. The zero-order chi connectivity index (χ0) is 18.0. The molecule has 1 amide bonds. The highest BCUT2D eigenvalue weighted by Gasteiger charge is 2.29. The maximum absolute atomic E-state index is 12.8. The smallest absolute Gasteiger partial charge is 0.341 e. The third-order valence-electron chi connectivity index (χ3n) is 4.55. The van der Waals surface area contributed by atoms with Gasteiger partial charge in [0.05, 0.1) is 5.56 Å². The SMILES string of the molecule is Cc1cccc(C(=O)O[C@H](C)C(=O)N2CCCc3ccccc32)c1N. The summed E-state index contributed by atoms with van der Waals surface area (Å²) in [7, 11) is 0. The molecule has 2 aromatic carbocycles. The number of rotatable bonds is 3. The molecule has 5 nitrogen and oxygen atoms in total. The van der Waals surface area contributed by atoms with E-state index in [1.807, 2.05) is 37.3 Å². The van der Waals surface area contributed by atoms with Crippen molar-refractivity contribution in [2.24, 2.45) is 0 Å². The first-order valence-corrected chi connectivity index (χ1v) is 8.44. The minimum Gasteiger partial charge on any atom is -0.449 e. The van der Waals surface area contributed by atoms with E-state index in [-0.39, 0.29) is 5.91 Å². The maximum Gasteiger partial charge on any atom is 0.341 e. The van der Waals surface area contributed by atoms with Crippen LogP contribution in [0, 0.1) is 6.92 Å². The first-order chi connectivity index (χ1) is 12.0. The number of aryl methyl sites for hydroxylation is 2. The molecule has 3 rings (SSSR count). The molecule has 0 spiro atoms. The van der Waals surface area contributed by atoms with Crippen LogP contribution < -0.4 is 10.6 Å². The minimum atomic E-state index is -0.876. The molecule has 0 saturated heterocycles. The van der Waals surface area contributed by atoms with Crippen molar-refractivity contribution in [3.63, 3.8) is 0 Å². The summed E-state index contributed by atoms with van der Waals surface area (Å²) in [5.41, 5.74) is 9.47. The summed E-state index contributed by atoms with van der Waals surface area (Å²) < 4.78 is 5.39. The Balaban J connectivity index is 1.76. The summed E-state index contributed by atoms with van der Waals surface area (Å²) in [5.74, 6) is -0.793. The van der Waals surface area contributed by atoms with Gasteiger partial charge in [0.1, 0.15) is 0 Å². The van der Waals surface area contributed by atoms with Crippen LogP contribution >= 0.6 is 0 Å². The average molecular weight is 338 g/mol. The normalized spacial score (nSPS) is 14.6. The van der Waals surface area contributed by atoms with Crippen LogP contribution in [0.5, 0.6) is 0 Å². The number of carbonyl (C=O) groups excluding carboxylic acids is 2. The fourth-order valence-electron chi connectivity index (χ4n) is 3.12. The van der Waals surface area contributed by atoms with Crippen LogP contribution in [0.2, 0.25) is 0 Å². The number of ether oxygens (including phenoxy) is 1. The maximum atomic E-state index is 12.8. The summed E-state index contributed by atoms with van der Waals surface area (Å²) in [4.78, 5) is 26.9. The molecule has 2 N–H and O–H groups in total. The Morgan fingerprint density at radius 3 is 2.72 bits per heavy atom. The largest absolute Gasteiger partial charge is 0.449 e. The van der Waals surface area contributed by atoms with E-state index in [4.69, 9.17) is 10.5 Å². The number of anilines is 2. The van der Waals surface area contributed by atoms with Crippen LogP contribution in [0.25, 0.3) is 0 Å². The molecule has 1 atom stereocenters. The molecular formula is C20H22N2O3. The van der Waals surface area contributed by atoms with E-state index in [9.17, 15) is 9.59 Å². The molecule has 0 radical (unpaired) electrons. The number of hydrogen-bond donors (Lipinski definition) is 1. The number of para-hydroxylation sites is 2. The number of nitrogens with two attached hydrogens (primary N) is 1. The molecular weight excluding hydrogens is 316 g/mol. The zero-order valence-electron chi connectivity index (χ0n) is 14.5. The first kappa shape index (κ1) is 17.0. The van der Waals surface area contributed by atoms with Crippen LogP contribution in [-0.2, 0) is 16.0 Å². The number of fused-ring (bicyclic) bond motifs is 1. The van der Waals surface area contributed by atoms with E-state index in [1.165, 1.54) is 0 Å². The molecule has 1 aliphatic heterocycles.